The zero-order chi connectivity index (χ0) is 13.0. The molecule has 0 radical (unpaired) electrons. The van der Waals surface area contributed by atoms with E-state index in [1.54, 1.807) is 0 Å². The lowest BCUT2D eigenvalue weighted by Gasteiger charge is -2.35. The minimum atomic E-state index is 0.655. The molecular formula is C15H23ClN2. The second-order valence-electron chi connectivity index (χ2n) is 5.26. The van der Waals surface area contributed by atoms with E-state index < -0.39 is 0 Å². The second kappa shape index (κ2) is 6.44. The van der Waals surface area contributed by atoms with Crippen molar-refractivity contribution in [3.8, 4) is 0 Å². The van der Waals surface area contributed by atoms with Crippen LogP contribution >= 0.6 is 11.6 Å². The van der Waals surface area contributed by atoms with Crippen LogP contribution in [0.4, 0.5) is 5.69 Å². The van der Waals surface area contributed by atoms with Gasteiger partial charge in [0.05, 0.1) is 10.7 Å². The number of nitrogens with two attached hydrogens (primary N) is 1. The molecule has 1 aliphatic heterocycles. The standard InChI is InChI=1S/C15H23ClN2/c1-2-5-13-6-3-4-9-18(13)11-12-7-8-14(16)15(17)10-12/h7-8,10,13H,2-6,9,11,17H2,1H3. The number of likely N-dealkylation sites (tertiary alicyclic amines) is 1. The highest BCUT2D eigenvalue weighted by atomic mass is 35.5. The summed E-state index contributed by atoms with van der Waals surface area (Å²) >= 11 is 5.96. The van der Waals surface area contributed by atoms with Crippen molar-refractivity contribution in [3.63, 3.8) is 0 Å². The van der Waals surface area contributed by atoms with Crippen LogP contribution in [-0.4, -0.2) is 17.5 Å². The maximum Gasteiger partial charge on any atom is 0.0635 e. The number of halogens is 1. The molecule has 1 unspecified atom stereocenters. The van der Waals surface area contributed by atoms with Crippen LogP contribution in [0.25, 0.3) is 0 Å². The summed E-state index contributed by atoms with van der Waals surface area (Å²) in [6, 6.07) is 6.77. The van der Waals surface area contributed by atoms with Crippen LogP contribution in [0.3, 0.4) is 0 Å². The van der Waals surface area contributed by atoms with Gasteiger partial charge in [-0.25, -0.2) is 0 Å². The lowest BCUT2D eigenvalue weighted by Crippen LogP contribution is -2.38. The summed E-state index contributed by atoms with van der Waals surface area (Å²) in [5.41, 5.74) is 7.84. The fraction of sp³-hybridized carbons (Fsp3) is 0.600. The third-order valence-corrected chi connectivity index (χ3v) is 4.16. The van der Waals surface area contributed by atoms with Gasteiger partial charge in [-0.1, -0.05) is 37.4 Å². The molecule has 0 amide bonds. The van der Waals surface area contributed by atoms with Gasteiger partial charge in [-0.05, 0) is 43.5 Å². The van der Waals surface area contributed by atoms with Crippen LogP contribution in [0, 0.1) is 0 Å². The summed E-state index contributed by atoms with van der Waals surface area (Å²) in [6.07, 6.45) is 6.62. The van der Waals surface area contributed by atoms with Crippen molar-refractivity contribution in [1.82, 2.24) is 4.90 Å². The third kappa shape index (κ3) is 3.39. The molecule has 2 nitrogen and oxygen atoms in total. The van der Waals surface area contributed by atoms with Crippen molar-refractivity contribution in [1.29, 1.82) is 0 Å². The van der Waals surface area contributed by atoms with E-state index in [4.69, 9.17) is 17.3 Å². The van der Waals surface area contributed by atoms with Crippen molar-refractivity contribution < 1.29 is 0 Å². The largest absolute Gasteiger partial charge is 0.398 e. The molecule has 100 valence electrons. The Labute approximate surface area is 115 Å². The first-order chi connectivity index (χ1) is 8.70. The summed E-state index contributed by atoms with van der Waals surface area (Å²) < 4.78 is 0. The molecule has 0 bridgehead atoms. The average Bonchev–Trinajstić information content (AvgIpc) is 2.37. The van der Waals surface area contributed by atoms with E-state index in [9.17, 15) is 0 Å². The molecule has 1 atom stereocenters. The van der Waals surface area contributed by atoms with Crippen molar-refractivity contribution in [2.75, 3.05) is 12.3 Å². The molecule has 3 heteroatoms. The van der Waals surface area contributed by atoms with Crippen LogP contribution < -0.4 is 5.73 Å². The molecular weight excluding hydrogens is 244 g/mol. The minimum absolute atomic E-state index is 0.655. The van der Waals surface area contributed by atoms with Gasteiger partial charge in [-0.15, -0.1) is 0 Å². The molecule has 1 saturated heterocycles. The number of benzene rings is 1. The molecule has 0 saturated carbocycles. The predicted octanol–water partition coefficient (Wildman–Crippen LogP) is 4.08. The summed E-state index contributed by atoms with van der Waals surface area (Å²) in [6.45, 7) is 4.49. The van der Waals surface area contributed by atoms with Crippen LogP contribution in [0.2, 0.25) is 5.02 Å². The fourth-order valence-corrected chi connectivity index (χ4v) is 2.97. The van der Waals surface area contributed by atoms with Gasteiger partial charge in [-0.2, -0.15) is 0 Å². The van der Waals surface area contributed by atoms with E-state index in [1.807, 2.05) is 12.1 Å². The molecule has 0 aromatic heterocycles. The van der Waals surface area contributed by atoms with Crippen molar-refractivity contribution in [2.24, 2.45) is 0 Å². The number of nitrogen functional groups attached to an aromatic ring is 1. The van der Waals surface area contributed by atoms with Crippen LogP contribution in [0.15, 0.2) is 18.2 Å². The molecule has 1 aromatic carbocycles. The predicted molar refractivity (Wildman–Crippen MR) is 78.8 cm³/mol. The van der Waals surface area contributed by atoms with Gasteiger partial charge in [0.2, 0.25) is 0 Å². The molecule has 0 spiro atoms. The summed E-state index contributed by atoms with van der Waals surface area (Å²) in [5.74, 6) is 0. The number of anilines is 1. The van der Waals surface area contributed by atoms with E-state index in [1.165, 1.54) is 44.2 Å². The van der Waals surface area contributed by atoms with Crippen LogP contribution in [0.5, 0.6) is 0 Å². The number of nitrogens with zero attached hydrogens (tertiary/aromatic N) is 1. The normalized spacial score (nSPS) is 21.1. The Kier molecular flexibility index (Phi) is 4.90. The minimum Gasteiger partial charge on any atom is -0.398 e. The Morgan fingerprint density at radius 3 is 2.94 bits per heavy atom. The number of rotatable bonds is 4. The third-order valence-electron chi connectivity index (χ3n) is 3.82. The summed E-state index contributed by atoms with van der Waals surface area (Å²) in [4.78, 5) is 2.61. The molecule has 18 heavy (non-hydrogen) atoms. The molecule has 0 aliphatic carbocycles. The SMILES string of the molecule is CCCC1CCCCN1Cc1ccc(Cl)c(N)c1. The Balaban J connectivity index is 2.03. The molecule has 1 aliphatic rings. The van der Waals surface area contributed by atoms with Crippen molar-refractivity contribution >= 4 is 17.3 Å². The first-order valence-corrected chi connectivity index (χ1v) is 7.36. The topological polar surface area (TPSA) is 29.3 Å². The lowest BCUT2D eigenvalue weighted by atomic mass is 9.97. The first kappa shape index (κ1) is 13.7. The van der Waals surface area contributed by atoms with Crippen LogP contribution in [-0.2, 0) is 6.54 Å². The van der Waals surface area contributed by atoms with Gasteiger partial charge in [0.15, 0.2) is 0 Å². The zero-order valence-corrected chi connectivity index (χ0v) is 11.9. The molecule has 1 fully saturated rings. The number of hydrogen-bond acceptors (Lipinski definition) is 2. The van der Waals surface area contributed by atoms with E-state index in [0.717, 1.165) is 12.6 Å². The van der Waals surface area contributed by atoms with Gasteiger partial charge in [0, 0.05) is 12.6 Å². The van der Waals surface area contributed by atoms with Crippen molar-refractivity contribution in [3.05, 3.63) is 28.8 Å². The Bertz CT molecular complexity index is 390. The lowest BCUT2D eigenvalue weighted by molar-refractivity contribution is 0.131. The molecule has 1 heterocycles. The van der Waals surface area contributed by atoms with E-state index in [2.05, 4.69) is 17.9 Å². The van der Waals surface area contributed by atoms with Gasteiger partial charge >= 0.3 is 0 Å². The Hall–Kier alpha value is -0.730. The first-order valence-electron chi connectivity index (χ1n) is 6.98. The highest BCUT2D eigenvalue weighted by Crippen LogP contribution is 2.25. The Morgan fingerprint density at radius 1 is 1.39 bits per heavy atom. The maximum absolute atomic E-state index is 5.96. The molecule has 2 rings (SSSR count). The Morgan fingerprint density at radius 2 is 2.22 bits per heavy atom. The molecule has 2 N–H and O–H groups in total. The van der Waals surface area contributed by atoms with E-state index >= 15 is 0 Å². The molecule has 1 aromatic rings. The highest BCUT2D eigenvalue weighted by molar-refractivity contribution is 6.33. The van der Waals surface area contributed by atoms with Gasteiger partial charge in [0.1, 0.15) is 0 Å². The fourth-order valence-electron chi connectivity index (χ4n) is 2.85. The zero-order valence-electron chi connectivity index (χ0n) is 11.2. The quantitative estimate of drug-likeness (QED) is 0.832. The number of hydrogen-bond donors (Lipinski definition) is 1. The maximum atomic E-state index is 5.96. The van der Waals surface area contributed by atoms with Gasteiger partial charge in [-0.3, -0.25) is 4.90 Å². The highest BCUT2D eigenvalue weighted by Gasteiger charge is 2.21. The van der Waals surface area contributed by atoms with Gasteiger partial charge < -0.3 is 5.73 Å². The van der Waals surface area contributed by atoms with Crippen molar-refractivity contribution in [2.45, 2.75) is 51.6 Å². The van der Waals surface area contributed by atoms with E-state index in [0.29, 0.717) is 10.7 Å². The second-order valence-corrected chi connectivity index (χ2v) is 5.67. The summed E-state index contributed by atoms with van der Waals surface area (Å²) in [7, 11) is 0. The smallest absolute Gasteiger partial charge is 0.0635 e. The number of piperidine rings is 1. The summed E-state index contributed by atoms with van der Waals surface area (Å²) in [5, 5.41) is 0.655. The van der Waals surface area contributed by atoms with Gasteiger partial charge in [0.25, 0.3) is 0 Å². The van der Waals surface area contributed by atoms with Crippen LogP contribution in [0.1, 0.15) is 44.6 Å². The average molecular weight is 267 g/mol. The monoisotopic (exact) mass is 266 g/mol. The van der Waals surface area contributed by atoms with E-state index in [-0.39, 0.29) is 0 Å².